The summed E-state index contributed by atoms with van der Waals surface area (Å²) in [6, 6.07) is 6.57. The highest BCUT2D eigenvalue weighted by atomic mass is 16.5. The fourth-order valence-electron chi connectivity index (χ4n) is 2.44. The predicted molar refractivity (Wildman–Crippen MR) is 76.3 cm³/mol. The van der Waals surface area contributed by atoms with Gasteiger partial charge in [0, 0.05) is 25.3 Å². The van der Waals surface area contributed by atoms with Crippen molar-refractivity contribution in [3.05, 3.63) is 29.3 Å². The number of para-hydroxylation sites is 1. The SMILES string of the molecule is CCc1cccc(CC)c1NCC1CNCCO1. The Bertz CT molecular complexity index is 351. The molecule has 0 radical (unpaired) electrons. The van der Waals surface area contributed by atoms with E-state index in [0.717, 1.165) is 39.1 Å². The number of aryl methyl sites for hydroxylation is 2. The Morgan fingerprint density at radius 2 is 2.00 bits per heavy atom. The lowest BCUT2D eigenvalue weighted by Gasteiger charge is -2.25. The summed E-state index contributed by atoms with van der Waals surface area (Å²) in [7, 11) is 0. The van der Waals surface area contributed by atoms with Gasteiger partial charge in [0.25, 0.3) is 0 Å². The Kier molecular flexibility index (Phi) is 5.02. The maximum absolute atomic E-state index is 5.72. The van der Waals surface area contributed by atoms with Gasteiger partial charge < -0.3 is 15.4 Å². The van der Waals surface area contributed by atoms with Gasteiger partial charge in [0.2, 0.25) is 0 Å². The van der Waals surface area contributed by atoms with Gasteiger partial charge in [-0.2, -0.15) is 0 Å². The molecule has 1 aliphatic heterocycles. The van der Waals surface area contributed by atoms with E-state index in [9.17, 15) is 0 Å². The third kappa shape index (κ3) is 3.24. The average molecular weight is 248 g/mol. The van der Waals surface area contributed by atoms with E-state index in [2.05, 4.69) is 42.7 Å². The van der Waals surface area contributed by atoms with Crippen LogP contribution in [-0.2, 0) is 17.6 Å². The molecule has 1 aromatic rings. The van der Waals surface area contributed by atoms with Crippen molar-refractivity contribution in [2.24, 2.45) is 0 Å². The average Bonchev–Trinajstić information content (AvgIpc) is 2.45. The molecule has 2 N–H and O–H groups in total. The Balaban J connectivity index is 2.02. The molecule has 0 saturated carbocycles. The first-order valence-electron chi connectivity index (χ1n) is 7.02. The summed E-state index contributed by atoms with van der Waals surface area (Å²) in [6.07, 6.45) is 2.42. The summed E-state index contributed by atoms with van der Waals surface area (Å²) in [4.78, 5) is 0. The molecule has 1 aromatic carbocycles. The van der Waals surface area contributed by atoms with Crippen molar-refractivity contribution in [1.29, 1.82) is 0 Å². The smallest absolute Gasteiger partial charge is 0.0872 e. The van der Waals surface area contributed by atoms with Crippen molar-refractivity contribution in [2.45, 2.75) is 32.8 Å². The fraction of sp³-hybridized carbons (Fsp3) is 0.600. The Morgan fingerprint density at radius 3 is 2.56 bits per heavy atom. The molecule has 2 rings (SSSR count). The molecule has 1 heterocycles. The number of rotatable bonds is 5. The maximum atomic E-state index is 5.72. The van der Waals surface area contributed by atoms with Crippen LogP contribution in [0.3, 0.4) is 0 Å². The van der Waals surface area contributed by atoms with Crippen molar-refractivity contribution in [3.63, 3.8) is 0 Å². The van der Waals surface area contributed by atoms with Crippen LogP contribution in [0.2, 0.25) is 0 Å². The molecular formula is C15H24N2O. The van der Waals surface area contributed by atoms with Crippen LogP contribution in [0.25, 0.3) is 0 Å². The van der Waals surface area contributed by atoms with Crippen molar-refractivity contribution in [3.8, 4) is 0 Å². The summed E-state index contributed by atoms with van der Waals surface area (Å²) < 4.78 is 5.72. The lowest BCUT2D eigenvalue weighted by Crippen LogP contribution is -2.42. The van der Waals surface area contributed by atoms with Crippen molar-refractivity contribution < 1.29 is 4.74 Å². The Labute approximate surface area is 110 Å². The molecule has 1 saturated heterocycles. The third-order valence-electron chi connectivity index (χ3n) is 3.51. The first kappa shape index (κ1) is 13.4. The zero-order valence-corrected chi connectivity index (χ0v) is 11.5. The van der Waals surface area contributed by atoms with Crippen LogP contribution >= 0.6 is 0 Å². The van der Waals surface area contributed by atoms with Crippen LogP contribution < -0.4 is 10.6 Å². The monoisotopic (exact) mass is 248 g/mol. The highest BCUT2D eigenvalue weighted by molar-refractivity contribution is 5.58. The van der Waals surface area contributed by atoms with Crippen LogP contribution in [0.1, 0.15) is 25.0 Å². The number of anilines is 1. The molecule has 1 atom stereocenters. The van der Waals surface area contributed by atoms with Gasteiger partial charge in [-0.3, -0.25) is 0 Å². The summed E-state index contributed by atoms with van der Waals surface area (Å²) in [5.74, 6) is 0. The first-order chi connectivity index (χ1) is 8.85. The largest absolute Gasteiger partial charge is 0.382 e. The molecule has 1 fully saturated rings. The van der Waals surface area contributed by atoms with Crippen molar-refractivity contribution in [2.75, 3.05) is 31.6 Å². The quantitative estimate of drug-likeness (QED) is 0.838. The number of nitrogens with one attached hydrogen (secondary N) is 2. The highest BCUT2D eigenvalue weighted by Gasteiger charge is 2.14. The lowest BCUT2D eigenvalue weighted by atomic mass is 10.0. The van der Waals surface area contributed by atoms with Gasteiger partial charge in [0.1, 0.15) is 0 Å². The minimum absolute atomic E-state index is 0.286. The van der Waals surface area contributed by atoms with Gasteiger partial charge >= 0.3 is 0 Å². The predicted octanol–water partition coefficient (Wildman–Crippen LogP) is 2.21. The molecule has 100 valence electrons. The molecule has 18 heavy (non-hydrogen) atoms. The topological polar surface area (TPSA) is 33.3 Å². The maximum Gasteiger partial charge on any atom is 0.0872 e. The normalized spacial score (nSPS) is 19.8. The Morgan fingerprint density at radius 1 is 1.28 bits per heavy atom. The van der Waals surface area contributed by atoms with Crippen LogP contribution in [0.4, 0.5) is 5.69 Å². The van der Waals surface area contributed by atoms with E-state index < -0.39 is 0 Å². The van der Waals surface area contributed by atoms with Crippen LogP contribution in [0.5, 0.6) is 0 Å². The summed E-state index contributed by atoms with van der Waals surface area (Å²) >= 11 is 0. The molecule has 0 aliphatic carbocycles. The number of hydrogen-bond donors (Lipinski definition) is 2. The van der Waals surface area contributed by atoms with Gasteiger partial charge in [-0.1, -0.05) is 32.0 Å². The second kappa shape index (κ2) is 6.76. The molecule has 1 unspecified atom stereocenters. The molecular weight excluding hydrogens is 224 g/mol. The van der Waals surface area contributed by atoms with E-state index in [4.69, 9.17) is 4.74 Å². The summed E-state index contributed by atoms with van der Waals surface area (Å²) in [5, 5.41) is 6.95. The summed E-state index contributed by atoms with van der Waals surface area (Å²) in [6.45, 7) is 8.04. The fourth-order valence-corrected chi connectivity index (χ4v) is 2.44. The lowest BCUT2D eigenvalue weighted by molar-refractivity contribution is 0.0372. The van der Waals surface area contributed by atoms with Gasteiger partial charge in [0.15, 0.2) is 0 Å². The second-order valence-electron chi connectivity index (χ2n) is 4.74. The second-order valence-corrected chi connectivity index (χ2v) is 4.74. The van der Waals surface area contributed by atoms with E-state index in [1.165, 1.54) is 16.8 Å². The van der Waals surface area contributed by atoms with E-state index in [-0.39, 0.29) is 6.10 Å². The van der Waals surface area contributed by atoms with Gasteiger partial charge in [-0.15, -0.1) is 0 Å². The Hall–Kier alpha value is -1.06. The zero-order chi connectivity index (χ0) is 12.8. The van der Waals surface area contributed by atoms with Crippen LogP contribution in [0.15, 0.2) is 18.2 Å². The molecule has 0 aromatic heterocycles. The number of hydrogen-bond acceptors (Lipinski definition) is 3. The van der Waals surface area contributed by atoms with E-state index in [1.807, 2.05) is 0 Å². The molecule has 1 aliphatic rings. The van der Waals surface area contributed by atoms with Crippen LogP contribution in [-0.4, -0.2) is 32.3 Å². The number of benzene rings is 1. The standard InChI is InChI=1S/C15H24N2O/c1-3-12-6-5-7-13(4-2)15(12)17-11-14-10-16-8-9-18-14/h5-7,14,16-17H,3-4,8-11H2,1-2H3. The number of morpholine rings is 1. The van der Waals surface area contributed by atoms with E-state index >= 15 is 0 Å². The van der Waals surface area contributed by atoms with Gasteiger partial charge in [-0.25, -0.2) is 0 Å². The van der Waals surface area contributed by atoms with E-state index in [1.54, 1.807) is 0 Å². The number of ether oxygens (including phenoxy) is 1. The van der Waals surface area contributed by atoms with Crippen molar-refractivity contribution in [1.82, 2.24) is 5.32 Å². The molecule has 0 bridgehead atoms. The first-order valence-corrected chi connectivity index (χ1v) is 7.02. The van der Waals surface area contributed by atoms with Gasteiger partial charge in [-0.05, 0) is 24.0 Å². The minimum Gasteiger partial charge on any atom is -0.382 e. The molecule has 3 heteroatoms. The van der Waals surface area contributed by atoms with Crippen LogP contribution in [0, 0.1) is 0 Å². The van der Waals surface area contributed by atoms with Crippen molar-refractivity contribution >= 4 is 5.69 Å². The minimum atomic E-state index is 0.286. The third-order valence-corrected chi connectivity index (χ3v) is 3.51. The molecule has 0 amide bonds. The van der Waals surface area contributed by atoms with E-state index in [0.29, 0.717) is 0 Å². The highest BCUT2D eigenvalue weighted by Crippen LogP contribution is 2.22. The summed E-state index contributed by atoms with van der Waals surface area (Å²) in [5.41, 5.74) is 4.12. The molecule has 3 nitrogen and oxygen atoms in total. The molecule has 0 spiro atoms. The zero-order valence-electron chi connectivity index (χ0n) is 11.5. The van der Waals surface area contributed by atoms with Gasteiger partial charge in [0.05, 0.1) is 12.7 Å².